The zero-order valence-corrected chi connectivity index (χ0v) is 15.0. The van der Waals surface area contributed by atoms with Crippen LogP contribution in [0.25, 0.3) is 0 Å². The van der Waals surface area contributed by atoms with Gasteiger partial charge in [0.2, 0.25) is 0 Å². The number of hydrogen-bond acceptors (Lipinski definition) is 5. The molecule has 0 aromatic heterocycles. The van der Waals surface area contributed by atoms with Crippen LogP contribution in [0.3, 0.4) is 0 Å². The van der Waals surface area contributed by atoms with Crippen LogP contribution >= 0.6 is 0 Å². The molecule has 0 aliphatic rings. The van der Waals surface area contributed by atoms with Crippen LogP contribution < -0.4 is 10.1 Å². The van der Waals surface area contributed by atoms with Crippen molar-refractivity contribution in [1.82, 2.24) is 0 Å². The number of methoxy groups -OCH3 is 1. The molecule has 0 aliphatic heterocycles. The van der Waals surface area contributed by atoms with Gasteiger partial charge in [0.15, 0.2) is 5.78 Å². The summed E-state index contributed by atoms with van der Waals surface area (Å²) in [4.78, 5) is 23.7. The van der Waals surface area contributed by atoms with Gasteiger partial charge in [-0.15, -0.1) is 0 Å². The number of ketones is 1. The number of allylic oxidation sites excluding steroid dienone is 1. The fourth-order valence-corrected chi connectivity index (χ4v) is 2.21. The number of hydrogen-bond donors (Lipinski definition) is 1. The Balaban J connectivity index is 1.92. The Bertz CT molecular complexity index is 766. The predicted molar refractivity (Wildman–Crippen MR) is 102 cm³/mol. The van der Waals surface area contributed by atoms with E-state index in [4.69, 9.17) is 4.74 Å². The fourth-order valence-electron chi connectivity index (χ4n) is 2.21. The number of nitrogens with one attached hydrogen (secondary N) is 1. The molecule has 2 rings (SSSR count). The van der Waals surface area contributed by atoms with Crippen LogP contribution in [0.2, 0.25) is 0 Å². The van der Waals surface area contributed by atoms with Gasteiger partial charge in [-0.25, -0.2) is 4.79 Å². The van der Waals surface area contributed by atoms with Crippen molar-refractivity contribution in [3.05, 3.63) is 71.9 Å². The maximum atomic E-state index is 12.2. The second-order valence-corrected chi connectivity index (χ2v) is 5.64. The van der Waals surface area contributed by atoms with Crippen molar-refractivity contribution in [2.45, 2.75) is 19.8 Å². The van der Waals surface area contributed by atoms with E-state index < -0.39 is 5.97 Å². The number of carbonyl (C=O) groups excluding carboxylic acids is 2. The van der Waals surface area contributed by atoms with Crippen molar-refractivity contribution in [3.63, 3.8) is 0 Å². The molecule has 2 aromatic carbocycles. The SMILES string of the molecule is CCCCOc1ccc(C(=O)/C=C/Nc2cccc(C(=O)OC)c2)cc1. The average molecular weight is 353 g/mol. The van der Waals surface area contributed by atoms with Crippen molar-refractivity contribution >= 4 is 17.4 Å². The first-order valence-electron chi connectivity index (χ1n) is 8.52. The Hall–Kier alpha value is -3.08. The van der Waals surface area contributed by atoms with E-state index in [0.29, 0.717) is 23.4 Å². The average Bonchev–Trinajstić information content (AvgIpc) is 2.68. The van der Waals surface area contributed by atoms with E-state index in [-0.39, 0.29) is 5.78 Å². The molecule has 0 amide bonds. The standard InChI is InChI=1S/C21H23NO4/c1-3-4-14-26-19-10-8-16(9-11-19)20(23)12-13-22-18-7-5-6-17(15-18)21(24)25-2/h5-13,15,22H,3-4,14H2,1-2H3/b13-12+. The molecule has 0 fully saturated rings. The summed E-state index contributed by atoms with van der Waals surface area (Å²) in [5, 5.41) is 2.98. The molecule has 26 heavy (non-hydrogen) atoms. The molecule has 0 saturated carbocycles. The monoisotopic (exact) mass is 353 g/mol. The van der Waals surface area contributed by atoms with Crippen molar-refractivity contribution in [2.75, 3.05) is 19.0 Å². The Morgan fingerprint density at radius 2 is 1.85 bits per heavy atom. The third-order valence-electron chi connectivity index (χ3n) is 3.67. The van der Waals surface area contributed by atoms with Crippen molar-refractivity contribution < 1.29 is 19.1 Å². The number of anilines is 1. The Morgan fingerprint density at radius 3 is 2.54 bits per heavy atom. The number of rotatable bonds is 9. The number of carbonyl (C=O) groups is 2. The molecule has 0 heterocycles. The summed E-state index contributed by atoms with van der Waals surface area (Å²) in [5.74, 6) is 0.230. The smallest absolute Gasteiger partial charge is 0.337 e. The van der Waals surface area contributed by atoms with Gasteiger partial charge in [0.25, 0.3) is 0 Å². The third-order valence-corrected chi connectivity index (χ3v) is 3.67. The van der Waals surface area contributed by atoms with Gasteiger partial charge in [0, 0.05) is 23.5 Å². The van der Waals surface area contributed by atoms with E-state index >= 15 is 0 Å². The Labute approximate surface area is 153 Å². The Kier molecular flexibility index (Phi) is 7.43. The lowest BCUT2D eigenvalue weighted by atomic mass is 10.1. The molecule has 2 aromatic rings. The van der Waals surface area contributed by atoms with Gasteiger partial charge in [-0.2, -0.15) is 0 Å². The van der Waals surface area contributed by atoms with Gasteiger partial charge < -0.3 is 14.8 Å². The summed E-state index contributed by atoms with van der Waals surface area (Å²) in [7, 11) is 1.33. The number of esters is 1. The molecule has 136 valence electrons. The minimum atomic E-state index is -0.407. The lowest BCUT2D eigenvalue weighted by molar-refractivity contribution is 0.0600. The van der Waals surface area contributed by atoms with Gasteiger partial charge in [-0.3, -0.25) is 4.79 Å². The van der Waals surface area contributed by atoms with Crippen molar-refractivity contribution in [1.29, 1.82) is 0 Å². The lowest BCUT2D eigenvalue weighted by Crippen LogP contribution is -2.02. The van der Waals surface area contributed by atoms with Crippen LogP contribution in [0.5, 0.6) is 5.75 Å². The van der Waals surface area contributed by atoms with E-state index in [1.165, 1.54) is 13.2 Å². The van der Waals surface area contributed by atoms with Crippen LogP contribution in [-0.4, -0.2) is 25.5 Å². The number of ether oxygens (including phenoxy) is 2. The minimum absolute atomic E-state index is 0.123. The molecular weight excluding hydrogens is 330 g/mol. The second-order valence-electron chi connectivity index (χ2n) is 5.64. The molecule has 0 spiro atoms. The van der Waals surface area contributed by atoms with Crippen LogP contribution in [0.4, 0.5) is 5.69 Å². The first-order valence-corrected chi connectivity index (χ1v) is 8.52. The zero-order chi connectivity index (χ0) is 18.8. The third kappa shape index (κ3) is 5.77. The van der Waals surface area contributed by atoms with Gasteiger partial charge in [-0.1, -0.05) is 19.4 Å². The lowest BCUT2D eigenvalue weighted by Gasteiger charge is -2.05. The topological polar surface area (TPSA) is 64.6 Å². The van der Waals surface area contributed by atoms with Crippen LogP contribution in [0.15, 0.2) is 60.8 Å². The summed E-state index contributed by atoms with van der Waals surface area (Å²) in [5.41, 5.74) is 1.71. The van der Waals surface area contributed by atoms with Crippen LogP contribution in [0, 0.1) is 0 Å². The largest absolute Gasteiger partial charge is 0.494 e. The highest BCUT2D eigenvalue weighted by Crippen LogP contribution is 2.14. The molecular formula is C21H23NO4. The second kappa shape index (κ2) is 10.0. The fraction of sp³-hybridized carbons (Fsp3) is 0.238. The molecule has 0 radical (unpaired) electrons. The van der Waals surface area contributed by atoms with E-state index in [9.17, 15) is 9.59 Å². The van der Waals surface area contributed by atoms with Gasteiger partial charge in [-0.05, 0) is 48.9 Å². The zero-order valence-electron chi connectivity index (χ0n) is 15.0. The summed E-state index contributed by atoms with van der Waals surface area (Å²) in [6.07, 6.45) is 5.07. The predicted octanol–water partition coefficient (Wildman–Crippen LogP) is 4.46. The van der Waals surface area contributed by atoms with Crippen LogP contribution in [-0.2, 0) is 4.74 Å². The Morgan fingerprint density at radius 1 is 1.08 bits per heavy atom. The highest BCUT2D eigenvalue weighted by atomic mass is 16.5. The van der Waals surface area contributed by atoms with E-state index in [2.05, 4.69) is 17.0 Å². The first kappa shape index (κ1) is 19.2. The number of benzene rings is 2. The molecule has 1 N–H and O–H groups in total. The summed E-state index contributed by atoms with van der Waals surface area (Å²) >= 11 is 0. The molecule has 0 atom stereocenters. The minimum Gasteiger partial charge on any atom is -0.494 e. The molecule has 0 aliphatic carbocycles. The highest BCUT2D eigenvalue weighted by molar-refractivity contribution is 6.04. The number of unbranched alkanes of at least 4 members (excludes halogenated alkanes) is 1. The molecule has 5 nitrogen and oxygen atoms in total. The molecule has 0 saturated heterocycles. The van der Waals surface area contributed by atoms with Crippen LogP contribution in [0.1, 0.15) is 40.5 Å². The maximum absolute atomic E-state index is 12.2. The van der Waals surface area contributed by atoms with E-state index in [1.807, 2.05) is 0 Å². The van der Waals surface area contributed by atoms with Crippen molar-refractivity contribution in [2.24, 2.45) is 0 Å². The van der Waals surface area contributed by atoms with Crippen molar-refractivity contribution in [3.8, 4) is 5.75 Å². The first-order chi connectivity index (χ1) is 12.6. The molecule has 0 bridgehead atoms. The molecule has 0 unspecified atom stereocenters. The van der Waals surface area contributed by atoms with Gasteiger partial charge >= 0.3 is 5.97 Å². The normalized spacial score (nSPS) is 10.5. The van der Waals surface area contributed by atoms with Gasteiger partial charge in [0.05, 0.1) is 19.3 Å². The van der Waals surface area contributed by atoms with Gasteiger partial charge in [0.1, 0.15) is 5.75 Å². The maximum Gasteiger partial charge on any atom is 0.337 e. The van der Waals surface area contributed by atoms with E-state index in [1.54, 1.807) is 54.7 Å². The molecule has 5 heteroatoms. The highest BCUT2D eigenvalue weighted by Gasteiger charge is 2.05. The summed E-state index contributed by atoms with van der Waals surface area (Å²) in [6, 6.07) is 13.9. The summed E-state index contributed by atoms with van der Waals surface area (Å²) < 4.78 is 10.3. The van der Waals surface area contributed by atoms with E-state index in [0.717, 1.165) is 18.6 Å². The summed E-state index contributed by atoms with van der Waals surface area (Å²) in [6.45, 7) is 2.79. The quantitative estimate of drug-likeness (QED) is 0.312.